The van der Waals surface area contributed by atoms with Crippen molar-refractivity contribution in [3.05, 3.63) is 29.6 Å². The molecule has 100 valence electrons. The molecule has 0 aliphatic heterocycles. The summed E-state index contributed by atoms with van der Waals surface area (Å²) in [6.45, 7) is -0.787. The van der Waals surface area contributed by atoms with Gasteiger partial charge in [0.05, 0.1) is 19.6 Å². The van der Waals surface area contributed by atoms with E-state index >= 15 is 0 Å². The van der Waals surface area contributed by atoms with Gasteiger partial charge in [-0.2, -0.15) is 13.2 Å². The Hall–Kier alpha value is -1.12. The summed E-state index contributed by atoms with van der Waals surface area (Å²) < 4.78 is 53.1. The molecule has 0 unspecified atom stereocenters. The van der Waals surface area contributed by atoms with Gasteiger partial charge in [0.1, 0.15) is 5.82 Å². The van der Waals surface area contributed by atoms with E-state index in [4.69, 9.17) is 14.8 Å². The third-order valence-corrected chi connectivity index (χ3v) is 2.17. The fourth-order valence-corrected chi connectivity index (χ4v) is 1.31. The van der Waals surface area contributed by atoms with Crippen LogP contribution in [0.25, 0.3) is 0 Å². The molecule has 18 heavy (non-hydrogen) atoms. The van der Waals surface area contributed by atoms with Gasteiger partial charge in [0.2, 0.25) is 0 Å². The lowest BCUT2D eigenvalue weighted by Crippen LogP contribution is -2.33. The molecule has 1 aromatic rings. The zero-order chi connectivity index (χ0) is 13.8. The number of hydrogen-bond donors (Lipinski definition) is 2. The quantitative estimate of drug-likeness (QED) is 0.474. The van der Waals surface area contributed by atoms with E-state index in [1.165, 1.54) is 6.07 Å². The number of hydrogen-bond acceptors (Lipinski definition) is 3. The minimum Gasteiger partial charge on any atom is -0.423 e. The van der Waals surface area contributed by atoms with Crippen LogP contribution in [0.2, 0.25) is 0 Å². The first-order valence-electron chi connectivity index (χ1n) is 5.08. The lowest BCUT2D eigenvalue weighted by atomic mass is 9.77. The van der Waals surface area contributed by atoms with E-state index in [0.29, 0.717) is 0 Å². The van der Waals surface area contributed by atoms with Crippen LogP contribution >= 0.6 is 0 Å². The van der Waals surface area contributed by atoms with Gasteiger partial charge in [-0.05, 0) is 23.2 Å². The fourth-order valence-electron chi connectivity index (χ4n) is 1.31. The molecule has 0 fully saturated rings. The standard InChI is InChI=1S/C10H11BF4O3/c12-8-2-1-7(9(5-8)11(16)17)6-18-4-3-10(13,14)15/h1-2,5,16-17H,3-4,6H2. The van der Waals surface area contributed by atoms with Crippen molar-refractivity contribution in [3.63, 3.8) is 0 Å². The van der Waals surface area contributed by atoms with Crippen LogP contribution < -0.4 is 5.46 Å². The second-order valence-electron chi connectivity index (χ2n) is 3.63. The number of ether oxygens (including phenoxy) is 1. The van der Waals surface area contributed by atoms with Crippen molar-refractivity contribution in [2.75, 3.05) is 6.61 Å². The van der Waals surface area contributed by atoms with Crippen LogP contribution in [0, 0.1) is 5.82 Å². The second kappa shape index (κ2) is 6.17. The Morgan fingerprint density at radius 3 is 2.44 bits per heavy atom. The van der Waals surface area contributed by atoms with Crippen molar-refractivity contribution in [2.45, 2.75) is 19.2 Å². The van der Waals surface area contributed by atoms with Crippen molar-refractivity contribution in [1.82, 2.24) is 0 Å². The monoisotopic (exact) mass is 266 g/mol. The molecule has 0 atom stereocenters. The molecule has 0 amide bonds. The molecule has 0 spiro atoms. The van der Waals surface area contributed by atoms with Gasteiger partial charge in [0.25, 0.3) is 0 Å². The molecule has 1 rings (SSSR count). The number of halogens is 4. The van der Waals surface area contributed by atoms with Crippen LogP contribution in [-0.4, -0.2) is 29.9 Å². The van der Waals surface area contributed by atoms with Gasteiger partial charge >= 0.3 is 13.3 Å². The normalized spacial score (nSPS) is 11.7. The molecule has 0 aromatic heterocycles. The van der Waals surface area contributed by atoms with Crippen LogP contribution in [0.4, 0.5) is 17.6 Å². The molecule has 0 heterocycles. The number of rotatable bonds is 5. The topological polar surface area (TPSA) is 49.7 Å². The highest BCUT2D eigenvalue weighted by atomic mass is 19.4. The Bertz CT molecular complexity index is 395. The van der Waals surface area contributed by atoms with Gasteiger partial charge in [-0.1, -0.05) is 6.07 Å². The summed E-state index contributed by atoms with van der Waals surface area (Å²) in [5, 5.41) is 17.9. The fraction of sp³-hybridized carbons (Fsp3) is 0.400. The minimum atomic E-state index is -4.30. The highest BCUT2D eigenvalue weighted by Gasteiger charge is 2.26. The predicted octanol–water partition coefficient (Wildman–Crippen LogP) is 0.974. The van der Waals surface area contributed by atoms with E-state index in [2.05, 4.69) is 0 Å². The summed E-state index contributed by atoms with van der Waals surface area (Å²) in [5.41, 5.74) is 0.107. The average Bonchev–Trinajstić information content (AvgIpc) is 2.24. The van der Waals surface area contributed by atoms with Crippen LogP contribution in [-0.2, 0) is 11.3 Å². The van der Waals surface area contributed by atoms with E-state index in [1.807, 2.05) is 0 Å². The zero-order valence-electron chi connectivity index (χ0n) is 9.25. The van der Waals surface area contributed by atoms with Crippen molar-refractivity contribution in [2.24, 2.45) is 0 Å². The zero-order valence-corrected chi connectivity index (χ0v) is 9.25. The van der Waals surface area contributed by atoms with Crippen molar-refractivity contribution in [1.29, 1.82) is 0 Å². The molecule has 0 saturated carbocycles. The van der Waals surface area contributed by atoms with Gasteiger partial charge in [-0.25, -0.2) is 4.39 Å². The van der Waals surface area contributed by atoms with E-state index in [1.54, 1.807) is 0 Å². The summed E-state index contributed by atoms with van der Waals surface area (Å²) in [5.74, 6) is -0.669. The molecule has 0 bridgehead atoms. The summed E-state index contributed by atoms with van der Waals surface area (Å²) in [7, 11) is -1.90. The van der Waals surface area contributed by atoms with Crippen LogP contribution in [0.15, 0.2) is 18.2 Å². The summed E-state index contributed by atoms with van der Waals surface area (Å²) in [6.07, 6.45) is -5.40. The molecule has 0 saturated heterocycles. The molecule has 0 aliphatic rings. The first-order chi connectivity index (χ1) is 8.29. The molecule has 8 heteroatoms. The number of benzene rings is 1. The predicted molar refractivity (Wildman–Crippen MR) is 56.6 cm³/mol. The lowest BCUT2D eigenvalue weighted by Gasteiger charge is -2.10. The molecule has 3 nitrogen and oxygen atoms in total. The maximum absolute atomic E-state index is 12.8. The van der Waals surface area contributed by atoms with Gasteiger partial charge in [-0.15, -0.1) is 0 Å². The van der Waals surface area contributed by atoms with E-state index in [-0.39, 0.29) is 17.6 Å². The Kier molecular flexibility index (Phi) is 5.12. The minimum absolute atomic E-state index is 0.123. The van der Waals surface area contributed by atoms with Gasteiger partial charge in [0.15, 0.2) is 0 Å². The molecular weight excluding hydrogens is 255 g/mol. The molecule has 2 N–H and O–H groups in total. The lowest BCUT2D eigenvalue weighted by molar-refractivity contribution is -0.146. The van der Waals surface area contributed by atoms with Gasteiger partial charge in [-0.3, -0.25) is 0 Å². The average molecular weight is 266 g/mol. The summed E-state index contributed by atoms with van der Waals surface area (Å²) in [4.78, 5) is 0. The second-order valence-corrected chi connectivity index (χ2v) is 3.63. The number of alkyl halides is 3. The van der Waals surface area contributed by atoms with Crippen LogP contribution in [0.1, 0.15) is 12.0 Å². The largest absolute Gasteiger partial charge is 0.488 e. The summed E-state index contributed by atoms with van der Waals surface area (Å²) >= 11 is 0. The van der Waals surface area contributed by atoms with E-state index in [0.717, 1.165) is 12.1 Å². The van der Waals surface area contributed by atoms with Crippen LogP contribution in [0.5, 0.6) is 0 Å². The van der Waals surface area contributed by atoms with Gasteiger partial charge < -0.3 is 14.8 Å². The molecule has 0 aliphatic carbocycles. The Morgan fingerprint density at radius 1 is 1.22 bits per heavy atom. The maximum Gasteiger partial charge on any atom is 0.488 e. The summed E-state index contributed by atoms with van der Waals surface area (Å²) in [6, 6.07) is 3.19. The molecule has 1 aromatic carbocycles. The van der Waals surface area contributed by atoms with E-state index < -0.39 is 32.1 Å². The van der Waals surface area contributed by atoms with Crippen molar-refractivity contribution in [3.8, 4) is 0 Å². The molecule has 0 radical (unpaired) electrons. The molecular formula is C10H11BF4O3. The van der Waals surface area contributed by atoms with Crippen molar-refractivity contribution >= 4 is 12.6 Å². The van der Waals surface area contributed by atoms with Crippen LogP contribution in [0.3, 0.4) is 0 Å². The van der Waals surface area contributed by atoms with Crippen molar-refractivity contribution < 1.29 is 32.3 Å². The first kappa shape index (κ1) is 14.9. The highest BCUT2D eigenvalue weighted by Crippen LogP contribution is 2.19. The Balaban J connectivity index is 2.57. The Morgan fingerprint density at radius 2 is 1.89 bits per heavy atom. The highest BCUT2D eigenvalue weighted by molar-refractivity contribution is 6.59. The Labute approximate surface area is 101 Å². The maximum atomic E-state index is 12.8. The smallest absolute Gasteiger partial charge is 0.423 e. The van der Waals surface area contributed by atoms with Gasteiger partial charge in [0, 0.05) is 0 Å². The SMILES string of the molecule is OB(O)c1cc(F)ccc1COCCC(F)(F)F. The third kappa shape index (κ3) is 5.03. The third-order valence-electron chi connectivity index (χ3n) is 2.17. The van der Waals surface area contributed by atoms with E-state index in [9.17, 15) is 17.6 Å². The first-order valence-corrected chi connectivity index (χ1v) is 5.08.